The first-order valence-electron chi connectivity index (χ1n) is 9.47. The molecule has 8 heteroatoms. The maximum Gasteiger partial charge on any atom is 0.265 e. The number of carbonyl (C=O) groups is 2. The number of amides is 1. The third kappa shape index (κ3) is 4.49. The molecule has 1 amide bonds. The molecule has 0 unspecified atom stereocenters. The molecule has 0 aliphatic heterocycles. The van der Waals surface area contributed by atoms with Crippen LogP contribution in [-0.2, 0) is 24.6 Å². The van der Waals surface area contributed by atoms with E-state index in [0.717, 1.165) is 25.0 Å². The zero-order chi connectivity index (χ0) is 21.0. The summed E-state index contributed by atoms with van der Waals surface area (Å²) in [5.74, 6) is -0.947. The van der Waals surface area contributed by atoms with E-state index in [-0.39, 0.29) is 17.2 Å². The number of hydrogen-bond donors (Lipinski definition) is 2. The Bertz CT molecular complexity index is 1020. The van der Waals surface area contributed by atoms with E-state index in [9.17, 15) is 19.5 Å². The van der Waals surface area contributed by atoms with Gasteiger partial charge in [-0.25, -0.2) is 0 Å². The van der Waals surface area contributed by atoms with E-state index in [1.807, 2.05) is 0 Å². The standard InChI is InChI=1S/C21H24N2O5S/c1-23-15-6-4-3-5-14(15)19(25)18(21(23)27)16(24)9-7-13-8-10-17(29-13)20(26)22-11-12-28-2/h7-10,25H,3-6,11-12H2,1-2H3,(H,22,26). The monoisotopic (exact) mass is 416 g/mol. The van der Waals surface area contributed by atoms with Crippen LogP contribution in [0, 0.1) is 0 Å². The summed E-state index contributed by atoms with van der Waals surface area (Å²) in [6.45, 7) is 0.843. The molecule has 29 heavy (non-hydrogen) atoms. The van der Waals surface area contributed by atoms with E-state index >= 15 is 0 Å². The van der Waals surface area contributed by atoms with Crippen LogP contribution in [-0.4, -0.2) is 41.6 Å². The predicted octanol–water partition coefficient (Wildman–Crippen LogP) is 2.30. The van der Waals surface area contributed by atoms with Crippen LogP contribution in [0.3, 0.4) is 0 Å². The van der Waals surface area contributed by atoms with Crippen molar-refractivity contribution in [3.8, 4) is 5.75 Å². The normalized spacial score (nSPS) is 13.4. The smallest absolute Gasteiger partial charge is 0.265 e. The lowest BCUT2D eigenvalue weighted by Crippen LogP contribution is -2.29. The molecular weight excluding hydrogens is 392 g/mol. The first-order valence-corrected chi connectivity index (χ1v) is 10.3. The van der Waals surface area contributed by atoms with Gasteiger partial charge in [0.25, 0.3) is 11.5 Å². The maximum atomic E-state index is 12.7. The molecule has 0 fully saturated rings. The number of thiophene rings is 1. The highest BCUT2D eigenvalue weighted by Crippen LogP contribution is 2.30. The second-order valence-electron chi connectivity index (χ2n) is 6.87. The van der Waals surface area contributed by atoms with Gasteiger partial charge in [0, 0.05) is 36.8 Å². The Morgan fingerprint density at radius 2 is 2.07 bits per heavy atom. The van der Waals surface area contributed by atoms with Gasteiger partial charge >= 0.3 is 0 Å². The van der Waals surface area contributed by atoms with E-state index < -0.39 is 11.3 Å². The van der Waals surface area contributed by atoms with Gasteiger partial charge in [0.2, 0.25) is 0 Å². The molecule has 2 aromatic heterocycles. The quantitative estimate of drug-likeness (QED) is 0.410. The lowest BCUT2D eigenvalue weighted by molar-refractivity contribution is 0.0940. The van der Waals surface area contributed by atoms with Crippen LogP contribution in [0.4, 0.5) is 0 Å². The zero-order valence-corrected chi connectivity index (χ0v) is 17.3. The Hall–Kier alpha value is -2.71. The molecule has 2 aromatic rings. The number of rotatable bonds is 7. The van der Waals surface area contributed by atoms with Crippen LogP contribution < -0.4 is 10.9 Å². The number of fused-ring (bicyclic) bond motifs is 1. The van der Waals surface area contributed by atoms with Crippen LogP contribution in [0.5, 0.6) is 5.75 Å². The van der Waals surface area contributed by atoms with Crippen LogP contribution in [0.2, 0.25) is 0 Å². The Kier molecular flexibility index (Phi) is 6.66. The molecule has 0 atom stereocenters. The predicted molar refractivity (Wildman–Crippen MR) is 112 cm³/mol. The average molecular weight is 416 g/mol. The van der Waals surface area contributed by atoms with E-state index in [4.69, 9.17) is 4.74 Å². The summed E-state index contributed by atoms with van der Waals surface area (Å²) in [6, 6.07) is 3.40. The molecule has 154 valence electrons. The molecule has 0 saturated heterocycles. The Balaban J connectivity index is 1.79. The fourth-order valence-corrected chi connectivity index (χ4v) is 4.27. The van der Waals surface area contributed by atoms with E-state index in [0.29, 0.717) is 34.9 Å². The molecule has 0 radical (unpaired) electrons. The number of ketones is 1. The van der Waals surface area contributed by atoms with Gasteiger partial charge in [-0.2, -0.15) is 0 Å². The first kappa shape index (κ1) is 21.0. The van der Waals surface area contributed by atoms with Crippen molar-refractivity contribution in [3.05, 3.63) is 55.1 Å². The third-order valence-electron chi connectivity index (χ3n) is 4.97. The number of pyridine rings is 1. The molecule has 7 nitrogen and oxygen atoms in total. The van der Waals surface area contributed by atoms with Gasteiger partial charge in [-0.05, 0) is 50.0 Å². The van der Waals surface area contributed by atoms with Crippen molar-refractivity contribution in [2.24, 2.45) is 7.05 Å². The molecule has 2 heterocycles. The van der Waals surface area contributed by atoms with E-state index in [1.54, 1.807) is 32.4 Å². The summed E-state index contributed by atoms with van der Waals surface area (Å²) in [4.78, 5) is 38.5. The lowest BCUT2D eigenvalue weighted by Gasteiger charge is -2.21. The number of hydrogen-bond acceptors (Lipinski definition) is 6. The zero-order valence-electron chi connectivity index (χ0n) is 16.5. The largest absolute Gasteiger partial charge is 0.507 e. The van der Waals surface area contributed by atoms with Gasteiger partial charge in [-0.15, -0.1) is 11.3 Å². The molecule has 0 spiro atoms. The second-order valence-corrected chi connectivity index (χ2v) is 7.98. The molecule has 1 aliphatic rings. The lowest BCUT2D eigenvalue weighted by atomic mass is 9.92. The molecular formula is C21H24N2O5S. The SMILES string of the molecule is COCCNC(=O)c1ccc(C=CC(=O)c2c(O)c3c(n(C)c2=O)CCCC3)s1. The van der Waals surface area contributed by atoms with Gasteiger partial charge in [0.1, 0.15) is 11.3 Å². The summed E-state index contributed by atoms with van der Waals surface area (Å²) in [5, 5.41) is 13.3. The molecule has 2 N–H and O–H groups in total. The number of aromatic hydroxyl groups is 1. The second kappa shape index (κ2) is 9.19. The van der Waals surface area contributed by atoms with Crippen LogP contribution in [0.25, 0.3) is 6.08 Å². The third-order valence-corrected chi connectivity index (χ3v) is 6.02. The van der Waals surface area contributed by atoms with Crippen molar-refractivity contribution in [1.29, 1.82) is 0 Å². The van der Waals surface area contributed by atoms with Crippen molar-refractivity contribution >= 4 is 29.1 Å². The Morgan fingerprint density at radius 1 is 1.31 bits per heavy atom. The topological polar surface area (TPSA) is 97.6 Å². The first-order chi connectivity index (χ1) is 13.9. The molecule has 0 saturated carbocycles. The Labute approximate surface area is 172 Å². The Morgan fingerprint density at radius 3 is 2.83 bits per heavy atom. The van der Waals surface area contributed by atoms with Crippen molar-refractivity contribution in [2.45, 2.75) is 25.7 Å². The number of carbonyl (C=O) groups excluding carboxylic acids is 2. The van der Waals surface area contributed by atoms with Crippen molar-refractivity contribution in [2.75, 3.05) is 20.3 Å². The van der Waals surface area contributed by atoms with Crippen LogP contribution in [0.15, 0.2) is 23.0 Å². The fourth-order valence-electron chi connectivity index (χ4n) is 3.44. The van der Waals surface area contributed by atoms with Gasteiger partial charge in [0.15, 0.2) is 5.78 Å². The summed E-state index contributed by atoms with van der Waals surface area (Å²) >= 11 is 1.23. The number of allylic oxidation sites excluding steroid dienone is 1. The van der Waals surface area contributed by atoms with E-state index in [2.05, 4.69) is 5.32 Å². The molecule has 1 aliphatic carbocycles. The minimum atomic E-state index is -0.545. The molecule has 0 bridgehead atoms. The number of ether oxygens (including phenoxy) is 1. The van der Waals surface area contributed by atoms with Crippen LogP contribution >= 0.6 is 11.3 Å². The van der Waals surface area contributed by atoms with Crippen LogP contribution in [0.1, 0.15) is 49.0 Å². The summed E-state index contributed by atoms with van der Waals surface area (Å²) < 4.78 is 6.37. The highest BCUT2D eigenvalue weighted by molar-refractivity contribution is 7.14. The van der Waals surface area contributed by atoms with Crippen molar-refractivity contribution < 1.29 is 19.4 Å². The molecule has 3 rings (SSSR count). The average Bonchev–Trinajstić information content (AvgIpc) is 3.20. The number of aromatic nitrogens is 1. The fraction of sp³-hybridized carbons (Fsp3) is 0.381. The summed E-state index contributed by atoms with van der Waals surface area (Å²) in [7, 11) is 3.20. The number of methoxy groups -OCH3 is 1. The van der Waals surface area contributed by atoms with Gasteiger partial charge in [0.05, 0.1) is 11.5 Å². The number of nitrogens with one attached hydrogen (secondary N) is 1. The minimum absolute atomic E-state index is 0.193. The summed E-state index contributed by atoms with van der Waals surface area (Å²) in [5.41, 5.74) is 0.823. The van der Waals surface area contributed by atoms with Gasteiger partial charge in [-0.1, -0.05) is 0 Å². The van der Waals surface area contributed by atoms with Gasteiger partial charge < -0.3 is 19.7 Å². The van der Waals surface area contributed by atoms with E-state index in [1.165, 1.54) is 22.0 Å². The van der Waals surface area contributed by atoms with Crippen molar-refractivity contribution in [1.82, 2.24) is 9.88 Å². The minimum Gasteiger partial charge on any atom is -0.507 e. The summed E-state index contributed by atoms with van der Waals surface area (Å²) in [6.07, 6.45) is 6.09. The van der Waals surface area contributed by atoms with Crippen molar-refractivity contribution in [3.63, 3.8) is 0 Å². The highest BCUT2D eigenvalue weighted by atomic mass is 32.1. The highest BCUT2D eigenvalue weighted by Gasteiger charge is 2.24. The number of nitrogens with zero attached hydrogens (tertiary/aromatic N) is 1. The molecule has 0 aromatic carbocycles. The van der Waals surface area contributed by atoms with Gasteiger partial charge in [-0.3, -0.25) is 14.4 Å². The maximum absolute atomic E-state index is 12.7.